The van der Waals surface area contributed by atoms with Crippen LogP contribution in [0.2, 0.25) is 0 Å². The minimum Gasteiger partial charge on any atom is -0.343 e. The van der Waals surface area contributed by atoms with E-state index in [0.29, 0.717) is 18.1 Å². The molecule has 6 nitrogen and oxygen atoms in total. The molecule has 2 heterocycles. The van der Waals surface area contributed by atoms with E-state index in [1.165, 1.54) is 18.5 Å². The van der Waals surface area contributed by atoms with Crippen LogP contribution >= 0.6 is 0 Å². The third kappa shape index (κ3) is 4.03. The van der Waals surface area contributed by atoms with E-state index in [4.69, 9.17) is 4.52 Å². The Bertz CT molecular complexity index is 912. The minimum absolute atomic E-state index is 0.0468. The quantitative estimate of drug-likeness (QED) is 0.749. The Balaban J connectivity index is 1.41. The second kappa shape index (κ2) is 7.67. The van der Waals surface area contributed by atoms with Gasteiger partial charge in [-0.1, -0.05) is 29.4 Å². The third-order valence-corrected chi connectivity index (χ3v) is 4.73. The van der Waals surface area contributed by atoms with Crippen molar-refractivity contribution in [1.82, 2.24) is 15.0 Å². The number of anilines is 1. The summed E-state index contributed by atoms with van der Waals surface area (Å²) in [7, 11) is 0. The molecule has 1 N–H and O–H groups in total. The van der Waals surface area contributed by atoms with Crippen molar-refractivity contribution < 1.29 is 13.7 Å². The van der Waals surface area contributed by atoms with Gasteiger partial charge in [0.1, 0.15) is 5.82 Å². The Hall–Kier alpha value is -3.06. The average Bonchev–Trinajstić information content (AvgIpc) is 3.35. The van der Waals surface area contributed by atoms with E-state index in [0.717, 1.165) is 30.5 Å². The first kappa shape index (κ1) is 17.4. The van der Waals surface area contributed by atoms with Crippen molar-refractivity contribution in [2.24, 2.45) is 0 Å². The molecule has 0 radical (unpaired) electrons. The first-order chi connectivity index (χ1) is 13.2. The second-order valence-electron chi connectivity index (χ2n) is 6.55. The van der Waals surface area contributed by atoms with E-state index < -0.39 is 0 Å². The zero-order valence-corrected chi connectivity index (χ0v) is 14.6. The van der Waals surface area contributed by atoms with Crippen LogP contribution in [0.25, 0.3) is 11.1 Å². The number of amides is 1. The molecule has 1 amide bonds. The first-order valence-corrected chi connectivity index (χ1v) is 8.85. The van der Waals surface area contributed by atoms with Gasteiger partial charge in [-0.05, 0) is 54.8 Å². The zero-order chi connectivity index (χ0) is 18.6. The predicted molar refractivity (Wildman–Crippen MR) is 98.2 cm³/mol. The van der Waals surface area contributed by atoms with Gasteiger partial charge in [0.15, 0.2) is 5.82 Å². The molecule has 138 valence electrons. The van der Waals surface area contributed by atoms with Crippen LogP contribution in [0.1, 0.15) is 18.7 Å². The number of nitrogens with zero attached hydrogens (tertiary/aromatic N) is 3. The maximum absolute atomic E-state index is 13.4. The van der Waals surface area contributed by atoms with Crippen molar-refractivity contribution in [2.75, 3.05) is 11.9 Å². The predicted octanol–water partition coefficient (Wildman–Crippen LogP) is 3.48. The highest BCUT2D eigenvalue weighted by molar-refractivity contribution is 5.95. The number of aromatic nitrogens is 2. The van der Waals surface area contributed by atoms with Crippen LogP contribution in [0.5, 0.6) is 0 Å². The lowest BCUT2D eigenvalue weighted by Gasteiger charge is -2.22. The van der Waals surface area contributed by atoms with Crippen LogP contribution in [0.3, 0.4) is 0 Å². The molecule has 0 saturated carbocycles. The molecule has 1 aromatic heterocycles. The molecule has 0 aliphatic carbocycles. The second-order valence-corrected chi connectivity index (χ2v) is 6.55. The minimum atomic E-state index is -0.271. The molecule has 2 aromatic carbocycles. The molecule has 27 heavy (non-hydrogen) atoms. The molecule has 3 aromatic rings. The highest BCUT2D eigenvalue weighted by Gasteiger charge is 2.31. The standard InChI is InChI=1S/C20H19FN4O2/c21-16-4-1-3-15(11-16)14-6-8-17(9-7-14)23-20(26)18-5-2-10-25(18)12-19-22-13-27-24-19/h1,3-4,6-9,11,13,18H,2,5,10,12H2,(H,23,26)/t18-/m0/s1. The van der Waals surface area contributed by atoms with E-state index in [1.54, 1.807) is 6.07 Å². The number of rotatable bonds is 5. The molecular formula is C20H19FN4O2. The summed E-state index contributed by atoms with van der Waals surface area (Å²) in [4.78, 5) is 18.8. The van der Waals surface area contributed by atoms with Crippen molar-refractivity contribution >= 4 is 11.6 Å². The Morgan fingerprint density at radius 2 is 2.07 bits per heavy atom. The van der Waals surface area contributed by atoms with E-state index >= 15 is 0 Å². The lowest BCUT2D eigenvalue weighted by molar-refractivity contribution is -0.120. The Morgan fingerprint density at radius 1 is 1.22 bits per heavy atom. The normalized spacial score (nSPS) is 17.1. The lowest BCUT2D eigenvalue weighted by atomic mass is 10.1. The summed E-state index contributed by atoms with van der Waals surface area (Å²) < 4.78 is 18.1. The van der Waals surface area contributed by atoms with Gasteiger partial charge in [-0.2, -0.15) is 4.98 Å². The molecule has 1 atom stereocenters. The van der Waals surface area contributed by atoms with E-state index in [-0.39, 0.29) is 17.8 Å². The average molecular weight is 366 g/mol. The summed E-state index contributed by atoms with van der Waals surface area (Å²) in [5.41, 5.74) is 2.41. The fourth-order valence-electron chi connectivity index (χ4n) is 3.40. The van der Waals surface area contributed by atoms with Crippen LogP contribution in [0, 0.1) is 5.82 Å². The molecule has 1 fully saturated rings. The molecule has 4 rings (SSSR count). The van der Waals surface area contributed by atoms with E-state index in [9.17, 15) is 9.18 Å². The number of halogens is 1. The van der Waals surface area contributed by atoms with Gasteiger partial charge >= 0.3 is 0 Å². The molecule has 0 unspecified atom stereocenters. The van der Waals surface area contributed by atoms with Crippen LogP contribution in [-0.2, 0) is 11.3 Å². The van der Waals surface area contributed by atoms with Crippen LogP contribution in [0.15, 0.2) is 59.4 Å². The van der Waals surface area contributed by atoms with Gasteiger partial charge in [0, 0.05) is 5.69 Å². The summed E-state index contributed by atoms with van der Waals surface area (Å²) in [5, 5.41) is 6.78. The number of hydrogen-bond donors (Lipinski definition) is 1. The van der Waals surface area contributed by atoms with Crippen molar-refractivity contribution in [3.05, 3.63) is 66.6 Å². The largest absolute Gasteiger partial charge is 0.343 e. The van der Waals surface area contributed by atoms with Crippen molar-refractivity contribution in [3.63, 3.8) is 0 Å². The monoisotopic (exact) mass is 366 g/mol. The van der Waals surface area contributed by atoms with E-state index in [1.807, 2.05) is 30.3 Å². The Morgan fingerprint density at radius 3 is 2.81 bits per heavy atom. The fourth-order valence-corrected chi connectivity index (χ4v) is 3.40. The molecule has 7 heteroatoms. The molecule has 0 bridgehead atoms. The van der Waals surface area contributed by atoms with Gasteiger partial charge in [-0.25, -0.2) is 4.39 Å². The molecule has 0 spiro atoms. The van der Waals surface area contributed by atoms with Crippen molar-refractivity contribution in [1.29, 1.82) is 0 Å². The fraction of sp³-hybridized carbons (Fsp3) is 0.250. The Labute approximate surface area is 156 Å². The smallest absolute Gasteiger partial charge is 0.241 e. The van der Waals surface area contributed by atoms with Crippen LogP contribution < -0.4 is 5.32 Å². The van der Waals surface area contributed by atoms with Gasteiger partial charge in [-0.3, -0.25) is 9.69 Å². The van der Waals surface area contributed by atoms with Gasteiger partial charge < -0.3 is 9.84 Å². The first-order valence-electron chi connectivity index (χ1n) is 8.85. The third-order valence-electron chi connectivity index (χ3n) is 4.73. The number of nitrogens with one attached hydrogen (secondary N) is 1. The van der Waals surface area contributed by atoms with Gasteiger partial charge in [0.05, 0.1) is 12.6 Å². The van der Waals surface area contributed by atoms with Crippen LogP contribution in [-0.4, -0.2) is 33.5 Å². The number of hydrogen-bond acceptors (Lipinski definition) is 5. The number of carbonyl (C=O) groups is 1. The molecule has 1 aliphatic rings. The summed E-state index contributed by atoms with van der Waals surface area (Å²) in [6, 6.07) is 13.6. The summed E-state index contributed by atoms with van der Waals surface area (Å²) in [6.45, 7) is 1.32. The highest BCUT2D eigenvalue weighted by Crippen LogP contribution is 2.24. The topological polar surface area (TPSA) is 71.3 Å². The van der Waals surface area contributed by atoms with Crippen molar-refractivity contribution in [2.45, 2.75) is 25.4 Å². The number of carbonyl (C=O) groups excluding carboxylic acids is 1. The van der Waals surface area contributed by atoms with E-state index in [2.05, 4.69) is 20.4 Å². The molecular weight excluding hydrogens is 347 g/mol. The zero-order valence-electron chi connectivity index (χ0n) is 14.6. The molecule has 1 saturated heterocycles. The van der Waals surface area contributed by atoms with Gasteiger partial charge in [0.2, 0.25) is 12.3 Å². The molecule has 1 aliphatic heterocycles. The highest BCUT2D eigenvalue weighted by atomic mass is 19.1. The van der Waals surface area contributed by atoms with Crippen LogP contribution in [0.4, 0.5) is 10.1 Å². The summed E-state index contributed by atoms with van der Waals surface area (Å²) in [5.74, 6) is 0.261. The van der Waals surface area contributed by atoms with Gasteiger partial charge in [-0.15, -0.1) is 0 Å². The number of likely N-dealkylation sites (tertiary alicyclic amines) is 1. The SMILES string of the molecule is O=C(Nc1ccc(-c2cccc(F)c2)cc1)[C@@H]1CCCN1Cc1ncon1. The summed E-state index contributed by atoms with van der Waals surface area (Å²) in [6.07, 6.45) is 3.04. The lowest BCUT2D eigenvalue weighted by Crippen LogP contribution is -2.39. The maximum atomic E-state index is 13.4. The maximum Gasteiger partial charge on any atom is 0.241 e. The summed E-state index contributed by atoms with van der Waals surface area (Å²) >= 11 is 0. The Kier molecular flexibility index (Phi) is 4.93. The van der Waals surface area contributed by atoms with Crippen molar-refractivity contribution in [3.8, 4) is 11.1 Å². The number of benzene rings is 2. The van der Waals surface area contributed by atoms with Gasteiger partial charge in [0.25, 0.3) is 0 Å².